The molecular formula is C22H26ClN3O2. The molecule has 0 radical (unpaired) electrons. The number of rotatable bonds is 4. The summed E-state index contributed by atoms with van der Waals surface area (Å²) < 4.78 is 0. The van der Waals surface area contributed by atoms with E-state index in [9.17, 15) is 9.59 Å². The zero-order valence-corrected chi connectivity index (χ0v) is 17.3. The molecule has 1 heterocycles. The van der Waals surface area contributed by atoms with Crippen molar-refractivity contribution in [1.82, 2.24) is 9.80 Å². The molecule has 0 aliphatic carbocycles. The summed E-state index contributed by atoms with van der Waals surface area (Å²) in [5, 5.41) is 3.57. The van der Waals surface area contributed by atoms with Gasteiger partial charge in [0.2, 0.25) is 0 Å². The summed E-state index contributed by atoms with van der Waals surface area (Å²) in [6, 6.07) is 12.5. The van der Waals surface area contributed by atoms with Crippen molar-refractivity contribution in [1.29, 1.82) is 0 Å². The van der Waals surface area contributed by atoms with Crippen LogP contribution in [0.2, 0.25) is 5.02 Å². The maximum atomic E-state index is 12.9. The number of carbonyl (C=O) groups is 2. The average molecular weight is 400 g/mol. The molecule has 3 rings (SSSR count). The fraction of sp³-hybridized carbons (Fsp3) is 0.364. The molecule has 28 heavy (non-hydrogen) atoms. The molecule has 1 aliphatic heterocycles. The lowest BCUT2D eigenvalue weighted by Crippen LogP contribution is -2.35. The van der Waals surface area contributed by atoms with Gasteiger partial charge < -0.3 is 15.1 Å². The second-order valence-corrected chi connectivity index (χ2v) is 7.64. The van der Waals surface area contributed by atoms with E-state index < -0.39 is 0 Å². The third kappa shape index (κ3) is 4.14. The minimum absolute atomic E-state index is 0.0293. The largest absolute Gasteiger partial charge is 0.339 e. The van der Waals surface area contributed by atoms with Gasteiger partial charge in [0.25, 0.3) is 5.91 Å². The van der Waals surface area contributed by atoms with Crippen LogP contribution in [0, 0.1) is 6.92 Å². The highest BCUT2D eigenvalue weighted by Gasteiger charge is 2.25. The standard InChI is InChI=1S/C22H26ClN3O2/c1-15-9-8-11-18(21(27)26-13-6-7-14-26)20(15)24-22(28)25(3)16(2)17-10-4-5-12-19(17)23/h4-5,8-12,16H,6-7,13-14H2,1-3H3,(H,24,28). The third-order valence-electron chi connectivity index (χ3n) is 5.39. The number of hydrogen-bond acceptors (Lipinski definition) is 2. The zero-order chi connectivity index (χ0) is 20.3. The number of para-hydroxylation sites is 1. The van der Waals surface area contributed by atoms with Crippen molar-refractivity contribution in [3.63, 3.8) is 0 Å². The number of likely N-dealkylation sites (tertiary alicyclic amines) is 1. The van der Waals surface area contributed by atoms with Crippen molar-refractivity contribution < 1.29 is 9.59 Å². The van der Waals surface area contributed by atoms with E-state index in [1.165, 1.54) is 0 Å². The van der Waals surface area contributed by atoms with Crippen LogP contribution in [0.1, 0.15) is 47.3 Å². The lowest BCUT2D eigenvalue weighted by molar-refractivity contribution is 0.0793. The van der Waals surface area contributed by atoms with Gasteiger partial charge in [0.1, 0.15) is 0 Å². The van der Waals surface area contributed by atoms with E-state index in [1.807, 2.05) is 55.1 Å². The molecule has 5 nitrogen and oxygen atoms in total. The lowest BCUT2D eigenvalue weighted by atomic mass is 10.1. The van der Waals surface area contributed by atoms with Gasteiger partial charge in [-0.3, -0.25) is 4.79 Å². The molecule has 1 atom stereocenters. The number of halogens is 1. The summed E-state index contributed by atoms with van der Waals surface area (Å²) >= 11 is 6.28. The molecule has 1 saturated heterocycles. The van der Waals surface area contributed by atoms with Crippen LogP contribution < -0.4 is 5.32 Å². The Morgan fingerprint density at radius 2 is 1.79 bits per heavy atom. The van der Waals surface area contributed by atoms with Crippen LogP contribution in [0.4, 0.5) is 10.5 Å². The molecule has 0 spiro atoms. The predicted octanol–water partition coefficient (Wildman–Crippen LogP) is 5.11. The number of hydrogen-bond donors (Lipinski definition) is 1. The van der Waals surface area contributed by atoms with Crippen molar-refractivity contribution in [2.45, 2.75) is 32.7 Å². The Morgan fingerprint density at radius 3 is 2.46 bits per heavy atom. The van der Waals surface area contributed by atoms with Crippen LogP contribution in [0.15, 0.2) is 42.5 Å². The van der Waals surface area contributed by atoms with Crippen LogP contribution in [0.25, 0.3) is 0 Å². The molecule has 6 heteroatoms. The van der Waals surface area contributed by atoms with Gasteiger partial charge in [0, 0.05) is 25.2 Å². The van der Waals surface area contributed by atoms with Crippen molar-refractivity contribution in [3.05, 3.63) is 64.2 Å². The molecule has 1 aliphatic rings. The van der Waals surface area contributed by atoms with E-state index in [0.29, 0.717) is 16.3 Å². The maximum Gasteiger partial charge on any atom is 0.322 e. The first-order valence-electron chi connectivity index (χ1n) is 9.57. The summed E-state index contributed by atoms with van der Waals surface area (Å²) in [6.45, 7) is 5.36. The van der Waals surface area contributed by atoms with E-state index in [1.54, 1.807) is 18.0 Å². The van der Waals surface area contributed by atoms with E-state index in [2.05, 4.69) is 5.32 Å². The third-order valence-corrected chi connectivity index (χ3v) is 5.73. The van der Waals surface area contributed by atoms with Gasteiger partial charge in [-0.05, 0) is 49.9 Å². The Kier molecular flexibility index (Phi) is 6.25. The Morgan fingerprint density at radius 1 is 1.11 bits per heavy atom. The zero-order valence-electron chi connectivity index (χ0n) is 16.5. The number of carbonyl (C=O) groups excluding carboxylic acids is 2. The monoisotopic (exact) mass is 399 g/mol. The highest BCUT2D eigenvalue weighted by atomic mass is 35.5. The van der Waals surface area contributed by atoms with Gasteiger partial charge in [-0.15, -0.1) is 0 Å². The number of amides is 3. The van der Waals surface area contributed by atoms with Crippen molar-refractivity contribution in [2.75, 3.05) is 25.5 Å². The molecule has 1 unspecified atom stereocenters. The predicted molar refractivity (Wildman–Crippen MR) is 113 cm³/mol. The minimum atomic E-state index is -0.280. The molecule has 1 fully saturated rings. The summed E-state index contributed by atoms with van der Waals surface area (Å²) in [7, 11) is 1.73. The lowest BCUT2D eigenvalue weighted by Gasteiger charge is -2.27. The molecule has 0 saturated carbocycles. The van der Waals surface area contributed by atoms with Crippen LogP contribution in [-0.4, -0.2) is 41.9 Å². The molecule has 3 amide bonds. The van der Waals surface area contributed by atoms with E-state index in [4.69, 9.17) is 11.6 Å². The minimum Gasteiger partial charge on any atom is -0.339 e. The summed E-state index contributed by atoms with van der Waals surface area (Å²) in [5.74, 6) is -0.0293. The van der Waals surface area contributed by atoms with Crippen LogP contribution in [0.3, 0.4) is 0 Å². The fourth-order valence-corrected chi connectivity index (χ4v) is 3.79. The molecule has 2 aromatic rings. The first-order chi connectivity index (χ1) is 13.4. The van der Waals surface area contributed by atoms with Crippen LogP contribution >= 0.6 is 11.6 Å². The second-order valence-electron chi connectivity index (χ2n) is 7.24. The summed E-state index contributed by atoms with van der Waals surface area (Å²) in [6.07, 6.45) is 2.05. The number of nitrogens with zero attached hydrogens (tertiary/aromatic N) is 2. The van der Waals surface area contributed by atoms with Gasteiger partial charge in [0.15, 0.2) is 0 Å². The highest BCUT2D eigenvalue weighted by Crippen LogP contribution is 2.28. The Balaban J connectivity index is 1.82. The second kappa shape index (κ2) is 8.65. The average Bonchev–Trinajstić information content (AvgIpc) is 3.23. The van der Waals surface area contributed by atoms with Crippen LogP contribution in [0.5, 0.6) is 0 Å². The van der Waals surface area contributed by atoms with Gasteiger partial charge in [-0.1, -0.05) is 41.9 Å². The van der Waals surface area contributed by atoms with Gasteiger partial charge in [0.05, 0.1) is 17.3 Å². The molecule has 0 aromatic heterocycles. The highest BCUT2D eigenvalue weighted by molar-refractivity contribution is 6.31. The van der Waals surface area contributed by atoms with Gasteiger partial charge >= 0.3 is 6.03 Å². The van der Waals surface area contributed by atoms with Crippen molar-refractivity contribution in [2.24, 2.45) is 0 Å². The number of nitrogens with one attached hydrogen (secondary N) is 1. The molecule has 1 N–H and O–H groups in total. The van der Waals surface area contributed by atoms with Gasteiger partial charge in [-0.2, -0.15) is 0 Å². The van der Waals surface area contributed by atoms with Crippen molar-refractivity contribution in [3.8, 4) is 0 Å². The summed E-state index contributed by atoms with van der Waals surface area (Å²) in [5.41, 5.74) is 2.84. The topological polar surface area (TPSA) is 52.7 Å². The number of benzene rings is 2. The molecule has 0 bridgehead atoms. The van der Waals surface area contributed by atoms with E-state index in [0.717, 1.165) is 37.1 Å². The Bertz CT molecular complexity index is 878. The van der Waals surface area contributed by atoms with E-state index >= 15 is 0 Å². The fourth-order valence-electron chi connectivity index (χ4n) is 3.50. The SMILES string of the molecule is Cc1cccc(C(=O)N2CCCC2)c1NC(=O)N(C)C(C)c1ccccc1Cl. The quantitative estimate of drug-likeness (QED) is 0.776. The van der Waals surface area contributed by atoms with Crippen molar-refractivity contribution >= 4 is 29.2 Å². The number of aryl methyl sites for hydroxylation is 1. The first-order valence-corrected chi connectivity index (χ1v) is 9.95. The van der Waals surface area contributed by atoms with Gasteiger partial charge in [-0.25, -0.2) is 4.79 Å². The number of urea groups is 1. The van der Waals surface area contributed by atoms with Crippen LogP contribution in [-0.2, 0) is 0 Å². The smallest absolute Gasteiger partial charge is 0.322 e. The first kappa shape index (κ1) is 20.2. The Hall–Kier alpha value is -2.53. The molecular weight excluding hydrogens is 374 g/mol. The van der Waals surface area contributed by atoms with E-state index in [-0.39, 0.29) is 18.0 Å². The number of anilines is 1. The summed E-state index contributed by atoms with van der Waals surface area (Å²) in [4.78, 5) is 29.3. The normalized spacial score (nSPS) is 14.6. The maximum absolute atomic E-state index is 12.9. The molecule has 148 valence electrons. The molecule has 2 aromatic carbocycles. The Labute approximate surface area is 171 Å².